The second-order valence-electron chi connectivity index (χ2n) is 5.14. The maximum absolute atomic E-state index is 5.63. The first-order valence-electron chi connectivity index (χ1n) is 5.77. The summed E-state index contributed by atoms with van der Waals surface area (Å²) in [7, 11) is 0. The Morgan fingerprint density at radius 3 is 2.73 bits per heavy atom. The van der Waals surface area contributed by atoms with Crippen molar-refractivity contribution >= 4 is 0 Å². The molecule has 2 heterocycles. The predicted molar refractivity (Wildman–Crippen MR) is 60.4 cm³/mol. The Labute approximate surface area is 91.4 Å². The van der Waals surface area contributed by atoms with E-state index in [9.17, 15) is 0 Å². The molecule has 0 saturated heterocycles. The summed E-state index contributed by atoms with van der Waals surface area (Å²) in [6.45, 7) is 10.4. The van der Waals surface area contributed by atoms with Gasteiger partial charge in [0.15, 0.2) is 0 Å². The Hall–Kier alpha value is -0.990. The molecule has 0 aliphatic carbocycles. The fraction of sp³-hybridized carbons (Fsp3) is 0.750. The van der Waals surface area contributed by atoms with Crippen LogP contribution in [0.1, 0.15) is 45.4 Å². The zero-order chi connectivity index (χ0) is 11.1. The van der Waals surface area contributed by atoms with Gasteiger partial charge in [-0.25, -0.2) is 0 Å². The second-order valence-corrected chi connectivity index (χ2v) is 5.14. The summed E-state index contributed by atoms with van der Waals surface area (Å²) in [4.78, 5) is 0. The van der Waals surface area contributed by atoms with Gasteiger partial charge in [0.25, 0.3) is 0 Å². The minimum absolute atomic E-state index is 0.127. The topological polar surface area (TPSA) is 27.1 Å². The lowest BCUT2D eigenvalue weighted by atomic mass is 9.86. The molecule has 1 aromatic heterocycles. The maximum Gasteiger partial charge on any atom is 0.236 e. The molecule has 0 fully saturated rings. The molecule has 0 amide bonds. The van der Waals surface area contributed by atoms with Crippen LogP contribution in [0.3, 0.4) is 0 Å². The fourth-order valence-electron chi connectivity index (χ4n) is 2.30. The molecule has 2 rings (SSSR count). The van der Waals surface area contributed by atoms with Crippen LogP contribution in [-0.2, 0) is 18.4 Å². The molecule has 15 heavy (non-hydrogen) atoms. The van der Waals surface area contributed by atoms with Crippen LogP contribution in [0, 0.1) is 0 Å². The van der Waals surface area contributed by atoms with Crippen molar-refractivity contribution in [3.05, 3.63) is 11.3 Å². The van der Waals surface area contributed by atoms with Gasteiger partial charge < -0.3 is 4.74 Å². The van der Waals surface area contributed by atoms with E-state index < -0.39 is 0 Å². The summed E-state index contributed by atoms with van der Waals surface area (Å²) >= 11 is 0. The lowest BCUT2D eigenvalue weighted by Gasteiger charge is -2.19. The highest BCUT2D eigenvalue weighted by Crippen LogP contribution is 2.36. The minimum Gasteiger partial charge on any atom is -0.477 e. The summed E-state index contributed by atoms with van der Waals surface area (Å²) in [6, 6.07) is 0. The third-order valence-electron chi connectivity index (χ3n) is 2.84. The average molecular weight is 208 g/mol. The fourth-order valence-corrected chi connectivity index (χ4v) is 2.30. The van der Waals surface area contributed by atoms with Crippen LogP contribution in [0.4, 0.5) is 0 Å². The van der Waals surface area contributed by atoms with Gasteiger partial charge in [-0.1, -0.05) is 20.8 Å². The van der Waals surface area contributed by atoms with Crippen molar-refractivity contribution in [3.63, 3.8) is 0 Å². The molecule has 0 radical (unpaired) electrons. The molecule has 0 atom stereocenters. The molecule has 0 aromatic carbocycles. The van der Waals surface area contributed by atoms with Gasteiger partial charge in [0.1, 0.15) is 0 Å². The monoisotopic (exact) mass is 208 g/mol. The van der Waals surface area contributed by atoms with Crippen molar-refractivity contribution in [1.82, 2.24) is 9.78 Å². The van der Waals surface area contributed by atoms with Crippen molar-refractivity contribution < 1.29 is 4.74 Å². The van der Waals surface area contributed by atoms with Gasteiger partial charge in [-0.05, 0) is 25.2 Å². The lowest BCUT2D eigenvalue weighted by Crippen LogP contribution is -2.14. The predicted octanol–water partition coefficient (Wildman–Crippen LogP) is 2.53. The number of aryl methyl sites for hydroxylation is 1. The van der Waals surface area contributed by atoms with Crippen molar-refractivity contribution in [1.29, 1.82) is 0 Å². The first-order chi connectivity index (χ1) is 7.04. The second kappa shape index (κ2) is 3.54. The molecule has 1 aromatic rings. The van der Waals surface area contributed by atoms with Gasteiger partial charge in [-0.15, -0.1) is 5.10 Å². The molecule has 0 saturated carbocycles. The van der Waals surface area contributed by atoms with E-state index in [2.05, 4.69) is 30.6 Å². The normalized spacial score (nSPS) is 15.5. The molecule has 0 bridgehead atoms. The number of fused-ring (bicyclic) bond motifs is 1. The Bertz CT molecular complexity index is 360. The van der Waals surface area contributed by atoms with Crippen molar-refractivity contribution in [2.45, 2.75) is 52.5 Å². The highest BCUT2D eigenvalue weighted by atomic mass is 16.5. The van der Waals surface area contributed by atoms with Crippen LogP contribution >= 0.6 is 0 Å². The molecule has 1 aliphatic heterocycles. The molecule has 0 unspecified atom stereocenters. The zero-order valence-corrected chi connectivity index (χ0v) is 10.1. The third-order valence-corrected chi connectivity index (χ3v) is 2.84. The van der Waals surface area contributed by atoms with Gasteiger partial charge in [-0.2, -0.15) is 0 Å². The van der Waals surface area contributed by atoms with E-state index in [1.165, 1.54) is 17.7 Å². The third kappa shape index (κ3) is 1.75. The summed E-state index contributed by atoms with van der Waals surface area (Å²) in [5.41, 5.74) is 2.82. The molecule has 84 valence electrons. The Morgan fingerprint density at radius 2 is 2.13 bits per heavy atom. The van der Waals surface area contributed by atoms with Crippen LogP contribution in [0.5, 0.6) is 5.88 Å². The van der Waals surface area contributed by atoms with Crippen LogP contribution in [-0.4, -0.2) is 16.4 Å². The van der Waals surface area contributed by atoms with E-state index in [0.717, 1.165) is 18.8 Å². The van der Waals surface area contributed by atoms with Gasteiger partial charge in [0, 0.05) is 17.8 Å². The van der Waals surface area contributed by atoms with E-state index in [1.807, 2.05) is 6.92 Å². The highest BCUT2D eigenvalue weighted by Gasteiger charge is 2.30. The standard InChI is InChI=1S/C12H20N2O/c1-5-15-11-10(12(2,3)4)9-7-6-8-14(9)13-11/h5-8H2,1-4H3. The number of rotatable bonds is 2. The number of aromatic nitrogens is 2. The molecule has 3 heteroatoms. The van der Waals surface area contributed by atoms with Crippen molar-refractivity contribution in [2.75, 3.05) is 6.61 Å². The van der Waals surface area contributed by atoms with Crippen LogP contribution in [0.25, 0.3) is 0 Å². The quantitative estimate of drug-likeness (QED) is 0.746. The Kier molecular flexibility index (Phi) is 2.49. The van der Waals surface area contributed by atoms with Gasteiger partial charge in [0.05, 0.1) is 6.61 Å². The van der Waals surface area contributed by atoms with E-state index >= 15 is 0 Å². The first kappa shape index (κ1) is 10.5. The van der Waals surface area contributed by atoms with E-state index in [-0.39, 0.29) is 5.41 Å². The molecular formula is C12H20N2O. The van der Waals surface area contributed by atoms with E-state index in [0.29, 0.717) is 6.61 Å². The summed E-state index contributed by atoms with van der Waals surface area (Å²) < 4.78 is 7.75. The summed E-state index contributed by atoms with van der Waals surface area (Å²) in [5, 5.41) is 4.54. The Balaban J connectivity index is 2.48. The van der Waals surface area contributed by atoms with Crippen LogP contribution in [0.15, 0.2) is 0 Å². The average Bonchev–Trinajstić information content (AvgIpc) is 2.60. The number of ether oxygens (including phenoxy) is 1. The van der Waals surface area contributed by atoms with Gasteiger partial charge in [0.2, 0.25) is 5.88 Å². The van der Waals surface area contributed by atoms with E-state index in [1.54, 1.807) is 0 Å². The maximum atomic E-state index is 5.63. The summed E-state index contributed by atoms with van der Waals surface area (Å²) in [6.07, 6.45) is 2.37. The summed E-state index contributed by atoms with van der Waals surface area (Å²) in [5.74, 6) is 0.847. The number of hydrogen-bond donors (Lipinski definition) is 0. The molecular weight excluding hydrogens is 188 g/mol. The molecule has 3 nitrogen and oxygen atoms in total. The molecule has 1 aliphatic rings. The molecule has 0 spiro atoms. The minimum atomic E-state index is 0.127. The van der Waals surface area contributed by atoms with Crippen LogP contribution < -0.4 is 4.74 Å². The van der Waals surface area contributed by atoms with Crippen molar-refractivity contribution in [2.24, 2.45) is 0 Å². The highest BCUT2D eigenvalue weighted by molar-refractivity contribution is 5.38. The van der Waals surface area contributed by atoms with Gasteiger partial charge >= 0.3 is 0 Å². The molecule has 0 N–H and O–H groups in total. The van der Waals surface area contributed by atoms with E-state index in [4.69, 9.17) is 4.74 Å². The number of hydrogen-bond acceptors (Lipinski definition) is 2. The number of nitrogens with zero attached hydrogens (tertiary/aromatic N) is 2. The van der Waals surface area contributed by atoms with Crippen LogP contribution in [0.2, 0.25) is 0 Å². The van der Waals surface area contributed by atoms with Gasteiger partial charge in [-0.3, -0.25) is 4.68 Å². The zero-order valence-electron chi connectivity index (χ0n) is 10.1. The largest absolute Gasteiger partial charge is 0.477 e. The van der Waals surface area contributed by atoms with Crippen molar-refractivity contribution in [3.8, 4) is 5.88 Å². The lowest BCUT2D eigenvalue weighted by molar-refractivity contribution is 0.313. The smallest absolute Gasteiger partial charge is 0.236 e. The SMILES string of the molecule is CCOc1nn2c(c1C(C)(C)C)CCC2. The Morgan fingerprint density at radius 1 is 1.40 bits per heavy atom. The first-order valence-corrected chi connectivity index (χ1v) is 5.77.